The average Bonchev–Trinajstić information content (AvgIpc) is 2.92. The maximum atomic E-state index is 5.78. The summed E-state index contributed by atoms with van der Waals surface area (Å²) in [5.41, 5.74) is 1.18. The number of ether oxygens (including phenoxy) is 1. The van der Waals surface area contributed by atoms with Crippen molar-refractivity contribution in [3.05, 3.63) is 41.7 Å². The number of aromatic nitrogens is 2. The second kappa shape index (κ2) is 7.21. The predicted octanol–water partition coefficient (Wildman–Crippen LogP) is 3.29. The van der Waals surface area contributed by atoms with Crippen LogP contribution in [0.15, 0.2) is 30.3 Å². The molecule has 0 aliphatic rings. The Morgan fingerprint density at radius 2 is 2.05 bits per heavy atom. The van der Waals surface area contributed by atoms with E-state index in [4.69, 9.17) is 4.74 Å². The molecule has 0 amide bonds. The van der Waals surface area contributed by atoms with E-state index in [1.54, 1.807) is 0 Å². The fraction of sp³-hybridized carbons (Fsp3) is 0.429. The summed E-state index contributed by atoms with van der Waals surface area (Å²) in [6, 6.07) is 10.2. The molecular formula is C14H19N3OS. The molecule has 0 aliphatic carbocycles. The minimum Gasteiger partial charge on any atom is -0.372 e. The van der Waals surface area contributed by atoms with Crippen LogP contribution in [0, 0.1) is 0 Å². The zero-order valence-corrected chi connectivity index (χ0v) is 12.1. The summed E-state index contributed by atoms with van der Waals surface area (Å²) in [6.07, 6.45) is 0.909. The lowest BCUT2D eigenvalue weighted by Gasteiger charge is -2.17. The maximum Gasteiger partial charge on any atom is 0.202 e. The van der Waals surface area contributed by atoms with E-state index in [0.29, 0.717) is 13.2 Å². The van der Waals surface area contributed by atoms with Gasteiger partial charge < -0.3 is 10.1 Å². The molecule has 0 saturated heterocycles. The summed E-state index contributed by atoms with van der Waals surface area (Å²) in [6.45, 7) is 5.46. The van der Waals surface area contributed by atoms with Gasteiger partial charge in [-0.2, -0.15) is 4.37 Å². The standard InChI is InChI=1S/C14H19N3OS/c1-3-13-16-14(19-17-13)15-10-12(18-4-2)11-8-6-5-7-9-11/h5-9,12H,3-4,10H2,1-2H3,(H,15,16,17). The second-order valence-electron chi connectivity index (χ2n) is 4.10. The van der Waals surface area contributed by atoms with Gasteiger partial charge in [0, 0.05) is 31.1 Å². The highest BCUT2D eigenvalue weighted by Crippen LogP contribution is 2.19. The Kier molecular flexibility index (Phi) is 5.30. The third-order valence-electron chi connectivity index (χ3n) is 2.76. The summed E-state index contributed by atoms with van der Waals surface area (Å²) in [7, 11) is 0. The number of aryl methyl sites for hydroxylation is 1. The molecule has 0 bridgehead atoms. The molecule has 0 aliphatic heterocycles. The van der Waals surface area contributed by atoms with E-state index in [0.717, 1.165) is 17.4 Å². The van der Waals surface area contributed by atoms with Crippen molar-refractivity contribution < 1.29 is 4.74 Å². The predicted molar refractivity (Wildman–Crippen MR) is 78.6 cm³/mol. The summed E-state index contributed by atoms with van der Waals surface area (Å²) in [4.78, 5) is 4.40. The minimum atomic E-state index is 0.0418. The first-order valence-corrected chi connectivity index (χ1v) is 7.33. The van der Waals surface area contributed by atoms with Gasteiger partial charge in [0.15, 0.2) is 0 Å². The van der Waals surface area contributed by atoms with Crippen LogP contribution in [0.2, 0.25) is 0 Å². The molecule has 0 radical (unpaired) electrons. The molecule has 4 nitrogen and oxygen atoms in total. The SMILES string of the molecule is CCOC(CNc1nc(CC)ns1)c1ccccc1. The number of benzene rings is 1. The van der Waals surface area contributed by atoms with Crippen molar-refractivity contribution in [1.29, 1.82) is 0 Å². The van der Waals surface area contributed by atoms with Crippen molar-refractivity contribution in [2.75, 3.05) is 18.5 Å². The van der Waals surface area contributed by atoms with Crippen LogP contribution in [0.3, 0.4) is 0 Å². The second-order valence-corrected chi connectivity index (χ2v) is 4.86. The van der Waals surface area contributed by atoms with E-state index in [2.05, 4.69) is 33.7 Å². The summed E-state index contributed by atoms with van der Waals surface area (Å²) >= 11 is 1.40. The van der Waals surface area contributed by atoms with E-state index in [-0.39, 0.29) is 6.10 Å². The van der Waals surface area contributed by atoms with E-state index in [9.17, 15) is 0 Å². The van der Waals surface area contributed by atoms with Crippen LogP contribution in [0.5, 0.6) is 0 Å². The molecule has 102 valence electrons. The third-order valence-corrected chi connectivity index (χ3v) is 3.47. The van der Waals surface area contributed by atoms with Crippen molar-refractivity contribution in [1.82, 2.24) is 9.36 Å². The normalized spacial score (nSPS) is 12.3. The van der Waals surface area contributed by atoms with Crippen molar-refractivity contribution in [2.45, 2.75) is 26.4 Å². The molecule has 1 unspecified atom stereocenters. The van der Waals surface area contributed by atoms with Crippen molar-refractivity contribution >= 4 is 16.7 Å². The van der Waals surface area contributed by atoms with E-state index < -0.39 is 0 Å². The highest BCUT2D eigenvalue weighted by atomic mass is 32.1. The lowest BCUT2D eigenvalue weighted by molar-refractivity contribution is 0.0719. The van der Waals surface area contributed by atoms with Crippen molar-refractivity contribution in [2.24, 2.45) is 0 Å². The lowest BCUT2D eigenvalue weighted by Crippen LogP contribution is -2.15. The van der Waals surface area contributed by atoms with Gasteiger partial charge in [0.25, 0.3) is 0 Å². The summed E-state index contributed by atoms with van der Waals surface area (Å²) in [5.74, 6) is 0.889. The number of hydrogen-bond donors (Lipinski definition) is 1. The van der Waals surface area contributed by atoms with E-state index in [1.165, 1.54) is 17.1 Å². The third kappa shape index (κ3) is 4.01. The zero-order chi connectivity index (χ0) is 13.5. The molecule has 1 N–H and O–H groups in total. The van der Waals surface area contributed by atoms with Gasteiger partial charge >= 0.3 is 0 Å². The number of rotatable bonds is 7. The maximum absolute atomic E-state index is 5.78. The number of nitrogens with one attached hydrogen (secondary N) is 1. The Balaban J connectivity index is 1.97. The smallest absolute Gasteiger partial charge is 0.202 e. The molecular weight excluding hydrogens is 258 g/mol. The van der Waals surface area contributed by atoms with Gasteiger partial charge in [-0.3, -0.25) is 0 Å². The Labute approximate surface area is 118 Å². The van der Waals surface area contributed by atoms with E-state index in [1.807, 2.05) is 25.1 Å². The number of hydrogen-bond acceptors (Lipinski definition) is 5. The number of anilines is 1. The molecule has 1 aromatic carbocycles. The average molecular weight is 277 g/mol. The zero-order valence-electron chi connectivity index (χ0n) is 11.3. The summed E-state index contributed by atoms with van der Waals surface area (Å²) < 4.78 is 10.0. The Morgan fingerprint density at radius 3 is 2.68 bits per heavy atom. The molecule has 1 aromatic heterocycles. The quantitative estimate of drug-likeness (QED) is 0.843. The molecule has 0 spiro atoms. The van der Waals surface area contributed by atoms with Crippen LogP contribution >= 0.6 is 11.5 Å². The van der Waals surface area contributed by atoms with Crippen LogP contribution in [0.1, 0.15) is 31.3 Å². The largest absolute Gasteiger partial charge is 0.372 e. The molecule has 1 heterocycles. The monoisotopic (exact) mass is 277 g/mol. The van der Waals surface area contributed by atoms with Gasteiger partial charge in [0.05, 0.1) is 6.10 Å². The highest BCUT2D eigenvalue weighted by Gasteiger charge is 2.12. The first kappa shape index (κ1) is 14.0. The molecule has 0 saturated carbocycles. The van der Waals surface area contributed by atoms with Gasteiger partial charge in [0.2, 0.25) is 5.13 Å². The molecule has 1 atom stereocenters. The van der Waals surface area contributed by atoms with Crippen molar-refractivity contribution in [3.8, 4) is 0 Å². The van der Waals surface area contributed by atoms with Gasteiger partial charge in [-0.05, 0) is 12.5 Å². The van der Waals surface area contributed by atoms with Gasteiger partial charge in [0.1, 0.15) is 5.82 Å². The highest BCUT2D eigenvalue weighted by molar-refractivity contribution is 7.09. The van der Waals surface area contributed by atoms with E-state index >= 15 is 0 Å². The topological polar surface area (TPSA) is 47.0 Å². The van der Waals surface area contributed by atoms with Crippen LogP contribution in [-0.4, -0.2) is 22.5 Å². The van der Waals surface area contributed by atoms with Crippen LogP contribution < -0.4 is 5.32 Å². The van der Waals surface area contributed by atoms with Crippen LogP contribution in [-0.2, 0) is 11.2 Å². The Bertz CT molecular complexity index is 486. The molecule has 2 rings (SSSR count). The Hall–Kier alpha value is -1.46. The fourth-order valence-electron chi connectivity index (χ4n) is 1.79. The molecule has 2 aromatic rings. The Morgan fingerprint density at radius 1 is 1.26 bits per heavy atom. The fourth-order valence-corrected chi connectivity index (χ4v) is 2.45. The van der Waals surface area contributed by atoms with Crippen LogP contribution in [0.25, 0.3) is 0 Å². The minimum absolute atomic E-state index is 0.0418. The van der Waals surface area contributed by atoms with Gasteiger partial charge in [-0.25, -0.2) is 4.98 Å². The first-order chi connectivity index (χ1) is 9.33. The molecule has 0 fully saturated rings. The van der Waals surface area contributed by atoms with Crippen LogP contribution in [0.4, 0.5) is 5.13 Å². The van der Waals surface area contributed by atoms with Crippen molar-refractivity contribution in [3.63, 3.8) is 0 Å². The van der Waals surface area contributed by atoms with Gasteiger partial charge in [-0.15, -0.1) is 0 Å². The summed E-state index contributed by atoms with van der Waals surface area (Å²) in [5, 5.41) is 4.16. The number of nitrogens with zero attached hydrogens (tertiary/aromatic N) is 2. The molecule has 19 heavy (non-hydrogen) atoms. The lowest BCUT2D eigenvalue weighted by atomic mass is 10.1. The molecule has 5 heteroatoms. The first-order valence-electron chi connectivity index (χ1n) is 6.56. The van der Waals surface area contributed by atoms with Gasteiger partial charge in [-0.1, -0.05) is 37.3 Å².